The van der Waals surface area contributed by atoms with Crippen LogP contribution in [0.2, 0.25) is 0 Å². The summed E-state index contributed by atoms with van der Waals surface area (Å²) < 4.78 is 30.5. The van der Waals surface area contributed by atoms with Crippen LogP contribution in [-0.2, 0) is 27.9 Å². The summed E-state index contributed by atoms with van der Waals surface area (Å²) in [6.45, 7) is 6.80. The third-order valence-electron chi connectivity index (χ3n) is 11.5. The highest BCUT2D eigenvalue weighted by molar-refractivity contribution is 7.47. The fourth-order valence-corrected chi connectivity index (χ4v) is 8.02. The van der Waals surface area contributed by atoms with Crippen LogP contribution in [0.25, 0.3) is 0 Å². The number of carbonyl (C=O) groups excluding carboxylic acids is 2. The van der Waals surface area contributed by atoms with Crippen LogP contribution >= 0.6 is 7.82 Å². The Balaban J connectivity index is 5.47. The maximum atomic E-state index is 13.4. The second kappa shape index (κ2) is 46.2. The number of unbranched alkanes of at least 4 members (excludes halogenated alkanes) is 24. The first-order valence-electron chi connectivity index (χ1n) is 26.8. The summed E-state index contributed by atoms with van der Waals surface area (Å²) in [6, 6.07) is -0.864. The van der Waals surface area contributed by atoms with Gasteiger partial charge in [0.15, 0.2) is 0 Å². The lowest BCUT2D eigenvalue weighted by molar-refractivity contribution is -0.870. The van der Waals surface area contributed by atoms with E-state index >= 15 is 0 Å². The molecule has 0 saturated carbocycles. The molecule has 3 atom stereocenters. The number of allylic oxidation sites excluding steroid dienone is 11. The van der Waals surface area contributed by atoms with Gasteiger partial charge in [0.25, 0.3) is 0 Å². The zero-order valence-electron chi connectivity index (χ0n) is 43.4. The molecule has 0 aromatic heterocycles. The normalized spacial score (nSPS) is 14.5. The van der Waals surface area contributed by atoms with E-state index in [4.69, 9.17) is 13.8 Å². The van der Waals surface area contributed by atoms with Crippen LogP contribution in [0.4, 0.5) is 0 Å². The molecule has 0 aromatic carbocycles. The lowest BCUT2D eigenvalue weighted by Crippen LogP contribution is -2.47. The minimum Gasteiger partial charge on any atom is -0.456 e. The van der Waals surface area contributed by atoms with Gasteiger partial charge in [0.2, 0.25) is 5.91 Å². The molecular formula is C56H102N2O7P+. The molecule has 0 aromatic rings. The Morgan fingerprint density at radius 2 is 0.970 bits per heavy atom. The van der Waals surface area contributed by atoms with Crippen LogP contribution in [0.3, 0.4) is 0 Å². The molecule has 0 rings (SSSR count). The number of amides is 1. The summed E-state index contributed by atoms with van der Waals surface area (Å²) in [4.78, 5) is 37.4. The van der Waals surface area contributed by atoms with Crippen molar-refractivity contribution in [3.05, 3.63) is 72.9 Å². The minimum absolute atomic E-state index is 0.0311. The van der Waals surface area contributed by atoms with Crippen molar-refractivity contribution in [3.63, 3.8) is 0 Å². The maximum Gasteiger partial charge on any atom is 0.472 e. The lowest BCUT2D eigenvalue weighted by atomic mass is 10.0. The third-order valence-corrected chi connectivity index (χ3v) is 12.5. The average Bonchev–Trinajstić information content (AvgIpc) is 3.27. The SMILES string of the molecule is CC/C=C/C=C/C=C\CCCCCCCC(=O)NC(COP(=O)(O)OCC[N+](C)(C)C)C(/C=C/CCCCCCCCCCCC)OC(=O)CCCCCCCC/C=C/C=C/CCCCC. The number of esters is 1. The minimum atomic E-state index is -4.45. The van der Waals surface area contributed by atoms with E-state index in [2.05, 4.69) is 80.8 Å². The van der Waals surface area contributed by atoms with E-state index in [0.29, 0.717) is 17.4 Å². The Labute approximate surface area is 406 Å². The Morgan fingerprint density at radius 3 is 1.48 bits per heavy atom. The smallest absolute Gasteiger partial charge is 0.456 e. The van der Waals surface area contributed by atoms with Gasteiger partial charge >= 0.3 is 13.8 Å². The fourth-order valence-electron chi connectivity index (χ4n) is 7.28. The van der Waals surface area contributed by atoms with E-state index < -0.39 is 20.0 Å². The number of likely N-dealkylation sites (N-methyl/N-ethyl adjacent to an activating group) is 1. The number of nitrogens with zero attached hydrogens (tertiary/aromatic N) is 1. The van der Waals surface area contributed by atoms with Gasteiger partial charge in [0, 0.05) is 12.8 Å². The Hall–Kier alpha value is -2.55. The average molecular weight is 946 g/mol. The zero-order chi connectivity index (χ0) is 48.7. The molecule has 0 aliphatic carbocycles. The van der Waals surface area contributed by atoms with Crippen LogP contribution in [0.15, 0.2) is 72.9 Å². The molecule has 0 heterocycles. The van der Waals surface area contributed by atoms with Gasteiger partial charge in [0.05, 0.1) is 33.8 Å². The quantitative estimate of drug-likeness (QED) is 0.0156. The number of rotatable bonds is 47. The maximum absolute atomic E-state index is 13.4. The molecule has 382 valence electrons. The van der Waals surface area contributed by atoms with Crippen molar-refractivity contribution >= 4 is 19.7 Å². The predicted octanol–water partition coefficient (Wildman–Crippen LogP) is 15.7. The zero-order valence-corrected chi connectivity index (χ0v) is 44.3. The molecule has 0 spiro atoms. The molecule has 66 heavy (non-hydrogen) atoms. The second-order valence-corrected chi connectivity index (χ2v) is 20.6. The van der Waals surface area contributed by atoms with Crippen molar-refractivity contribution in [3.8, 4) is 0 Å². The van der Waals surface area contributed by atoms with Crippen molar-refractivity contribution in [1.29, 1.82) is 0 Å². The van der Waals surface area contributed by atoms with Gasteiger partial charge in [-0.1, -0.05) is 203 Å². The van der Waals surface area contributed by atoms with Gasteiger partial charge in [-0.15, -0.1) is 0 Å². The predicted molar refractivity (Wildman–Crippen MR) is 281 cm³/mol. The van der Waals surface area contributed by atoms with E-state index in [0.717, 1.165) is 103 Å². The van der Waals surface area contributed by atoms with E-state index in [9.17, 15) is 19.0 Å². The van der Waals surface area contributed by atoms with E-state index in [1.54, 1.807) is 0 Å². The highest BCUT2D eigenvalue weighted by Gasteiger charge is 2.30. The summed E-state index contributed by atoms with van der Waals surface area (Å²) in [5.41, 5.74) is 0. The summed E-state index contributed by atoms with van der Waals surface area (Å²) in [6.07, 6.45) is 57.5. The van der Waals surface area contributed by atoms with Gasteiger partial charge in [-0.25, -0.2) is 4.57 Å². The number of quaternary nitrogens is 1. The number of nitrogens with one attached hydrogen (secondary N) is 1. The van der Waals surface area contributed by atoms with Gasteiger partial charge in [0.1, 0.15) is 19.3 Å². The number of phosphoric ester groups is 1. The van der Waals surface area contributed by atoms with Crippen molar-refractivity contribution in [2.24, 2.45) is 0 Å². The van der Waals surface area contributed by atoms with Gasteiger partial charge in [-0.3, -0.25) is 18.6 Å². The molecular weight excluding hydrogens is 844 g/mol. The van der Waals surface area contributed by atoms with E-state index in [1.807, 2.05) is 39.4 Å². The second-order valence-electron chi connectivity index (χ2n) is 19.1. The first kappa shape index (κ1) is 63.5. The number of ether oxygens (including phenoxy) is 1. The van der Waals surface area contributed by atoms with Crippen molar-refractivity contribution in [2.45, 2.75) is 232 Å². The highest BCUT2D eigenvalue weighted by atomic mass is 31.2. The Bertz CT molecular complexity index is 1370. The summed E-state index contributed by atoms with van der Waals surface area (Å²) in [5, 5.41) is 3.02. The number of hydrogen-bond donors (Lipinski definition) is 2. The van der Waals surface area contributed by atoms with Gasteiger partial charge in [-0.2, -0.15) is 0 Å². The highest BCUT2D eigenvalue weighted by Crippen LogP contribution is 2.43. The third kappa shape index (κ3) is 46.6. The van der Waals surface area contributed by atoms with Crippen molar-refractivity contribution in [2.75, 3.05) is 40.9 Å². The first-order chi connectivity index (χ1) is 31.9. The van der Waals surface area contributed by atoms with E-state index in [-0.39, 0.29) is 31.5 Å². The monoisotopic (exact) mass is 946 g/mol. The molecule has 0 bridgehead atoms. The summed E-state index contributed by atoms with van der Waals surface area (Å²) in [5.74, 6) is -0.547. The number of carbonyl (C=O) groups is 2. The topological polar surface area (TPSA) is 111 Å². The largest absolute Gasteiger partial charge is 0.472 e. The Morgan fingerprint density at radius 1 is 0.545 bits per heavy atom. The first-order valence-corrected chi connectivity index (χ1v) is 28.3. The number of hydrogen-bond acceptors (Lipinski definition) is 6. The van der Waals surface area contributed by atoms with Crippen LogP contribution < -0.4 is 5.32 Å². The fraction of sp³-hybridized carbons (Fsp3) is 0.750. The lowest BCUT2D eigenvalue weighted by Gasteiger charge is -2.27. The van der Waals surface area contributed by atoms with Crippen molar-refractivity contribution < 1.29 is 37.3 Å². The summed E-state index contributed by atoms with van der Waals surface area (Å²) in [7, 11) is 1.46. The van der Waals surface area contributed by atoms with Crippen LogP contribution in [0, 0.1) is 0 Å². The van der Waals surface area contributed by atoms with Crippen LogP contribution in [-0.4, -0.2) is 74.3 Å². The molecule has 1 amide bonds. The molecule has 0 aliphatic heterocycles. The molecule has 0 fully saturated rings. The standard InChI is InChI=1S/C56H101N2O7P/c1-7-10-13-16-19-22-25-28-29-31-34-37-40-43-46-49-56(60)65-54(47-44-41-38-35-32-27-24-21-18-15-12-9-3)53(52-64-66(61,62)63-51-50-58(4,5)6)57-55(59)48-45-42-39-36-33-30-26-23-20-17-14-11-8-2/h11,14,17,19-20,22-23,25-26,28,44,47,53-54H,7-10,12-13,15-16,18,21,24,27,29-43,45-46,48-52H2,1-6H3,(H-,57,59,61,62)/p+1/b14-11+,20-17+,22-19+,26-23-,28-25+,47-44+. The van der Waals surface area contributed by atoms with Gasteiger partial charge < -0.3 is 19.4 Å². The molecule has 0 saturated heterocycles. The van der Waals surface area contributed by atoms with Crippen LogP contribution in [0.5, 0.6) is 0 Å². The molecule has 0 aliphatic rings. The molecule has 9 nitrogen and oxygen atoms in total. The summed E-state index contributed by atoms with van der Waals surface area (Å²) >= 11 is 0. The molecule has 10 heteroatoms. The van der Waals surface area contributed by atoms with Crippen LogP contribution in [0.1, 0.15) is 220 Å². The van der Waals surface area contributed by atoms with Gasteiger partial charge in [-0.05, 0) is 76.7 Å². The number of phosphoric acid groups is 1. The van der Waals surface area contributed by atoms with E-state index in [1.165, 1.54) is 83.5 Å². The molecule has 2 N–H and O–H groups in total. The molecule has 3 unspecified atom stereocenters. The molecule has 0 radical (unpaired) electrons. The Kier molecular flexibility index (Phi) is 44.4. The van der Waals surface area contributed by atoms with Crippen molar-refractivity contribution in [1.82, 2.24) is 5.32 Å².